The van der Waals surface area contributed by atoms with Crippen molar-refractivity contribution >= 4 is 29.0 Å². The maximum absolute atomic E-state index is 12.8. The number of carbonyl (C=O) groups is 1. The molecule has 7 nitrogen and oxygen atoms in total. The molecule has 176 valence electrons. The molecule has 0 aliphatic heterocycles. The zero-order chi connectivity index (χ0) is 24.2. The van der Waals surface area contributed by atoms with Crippen molar-refractivity contribution in [2.75, 3.05) is 25.3 Å². The number of thioether (sulfide) groups is 1. The number of nitrogens with zero attached hydrogens (tertiary/aromatic N) is 3. The number of rotatable bonds is 8. The van der Waals surface area contributed by atoms with Gasteiger partial charge in [0, 0.05) is 16.9 Å². The highest BCUT2D eigenvalue weighted by molar-refractivity contribution is 7.99. The third-order valence-corrected chi connectivity index (χ3v) is 6.61. The summed E-state index contributed by atoms with van der Waals surface area (Å²) in [5.74, 6) is 1.51. The standard InChI is InChI=1S/C26H28N4O3S/c1-6-18-9-7-8-16(2)25(18)29-23(31)15-34-24-12-17(3)28-26-20(14-27-30(24)26)19-10-11-21(32-4)22(13-19)33-5/h7-14H,6,15H2,1-5H3,(H,29,31). The SMILES string of the molecule is CCc1cccc(C)c1NC(=O)CSc1cc(C)nc2c(-c3ccc(OC)c(OC)c3)cnn12. The minimum atomic E-state index is -0.0520. The number of aromatic nitrogens is 3. The molecule has 0 spiro atoms. The second-order valence-corrected chi connectivity index (χ2v) is 8.89. The zero-order valence-corrected chi connectivity index (χ0v) is 20.8. The van der Waals surface area contributed by atoms with Gasteiger partial charge < -0.3 is 14.8 Å². The van der Waals surface area contributed by atoms with Crippen LogP contribution in [0, 0.1) is 13.8 Å². The summed E-state index contributed by atoms with van der Waals surface area (Å²) in [6.45, 7) is 6.04. The van der Waals surface area contributed by atoms with Gasteiger partial charge in [-0.3, -0.25) is 4.79 Å². The molecule has 0 fully saturated rings. The number of methoxy groups -OCH3 is 2. The Labute approximate surface area is 203 Å². The molecular weight excluding hydrogens is 448 g/mol. The molecule has 0 unspecified atom stereocenters. The molecule has 0 aliphatic rings. The fraction of sp³-hybridized carbons (Fsp3) is 0.269. The summed E-state index contributed by atoms with van der Waals surface area (Å²) in [6.07, 6.45) is 2.65. The van der Waals surface area contributed by atoms with E-state index in [2.05, 4.69) is 17.3 Å². The van der Waals surface area contributed by atoms with Gasteiger partial charge in [-0.05, 0) is 55.2 Å². The van der Waals surface area contributed by atoms with E-state index < -0.39 is 0 Å². The van der Waals surface area contributed by atoms with Crippen LogP contribution in [0.3, 0.4) is 0 Å². The van der Waals surface area contributed by atoms with Crippen molar-refractivity contribution in [2.24, 2.45) is 0 Å². The first kappa shape index (κ1) is 23.6. The third-order valence-electron chi connectivity index (χ3n) is 5.62. The molecule has 2 heterocycles. The molecule has 34 heavy (non-hydrogen) atoms. The summed E-state index contributed by atoms with van der Waals surface area (Å²) in [5, 5.41) is 8.51. The molecule has 1 amide bonds. The van der Waals surface area contributed by atoms with E-state index in [-0.39, 0.29) is 11.7 Å². The summed E-state index contributed by atoms with van der Waals surface area (Å²) in [5.41, 5.74) is 6.47. The van der Waals surface area contributed by atoms with Gasteiger partial charge in [-0.25, -0.2) is 9.50 Å². The molecule has 0 bridgehead atoms. The Kier molecular flexibility index (Phi) is 7.07. The quantitative estimate of drug-likeness (QED) is 0.274. The molecule has 0 aliphatic carbocycles. The third kappa shape index (κ3) is 4.72. The molecule has 8 heteroatoms. The predicted octanol–water partition coefficient (Wildman–Crippen LogP) is 5.32. The second kappa shape index (κ2) is 10.2. The molecule has 0 saturated heterocycles. The van der Waals surface area contributed by atoms with Crippen molar-refractivity contribution in [3.8, 4) is 22.6 Å². The molecule has 0 radical (unpaired) electrons. The van der Waals surface area contributed by atoms with Gasteiger partial charge in [-0.1, -0.05) is 43.0 Å². The summed E-state index contributed by atoms with van der Waals surface area (Å²) >= 11 is 1.44. The number of para-hydroxylation sites is 1. The van der Waals surface area contributed by atoms with Crippen LogP contribution >= 0.6 is 11.8 Å². The smallest absolute Gasteiger partial charge is 0.234 e. The first-order valence-corrected chi connectivity index (χ1v) is 12.0. The van der Waals surface area contributed by atoms with E-state index in [1.807, 2.05) is 56.3 Å². The van der Waals surface area contributed by atoms with E-state index in [0.29, 0.717) is 11.5 Å². The lowest BCUT2D eigenvalue weighted by atomic mass is 10.1. The summed E-state index contributed by atoms with van der Waals surface area (Å²) in [7, 11) is 3.22. The lowest BCUT2D eigenvalue weighted by molar-refractivity contribution is -0.113. The summed E-state index contributed by atoms with van der Waals surface area (Å²) < 4.78 is 12.6. The van der Waals surface area contributed by atoms with Crippen molar-refractivity contribution in [3.63, 3.8) is 0 Å². The first-order chi connectivity index (χ1) is 16.4. The normalized spacial score (nSPS) is 11.0. The number of aryl methyl sites for hydroxylation is 3. The number of ether oxygens (including phenoxy) is 2. The molecular formula is C26H28N4O3S. The van der Waals surface area contributed by atoms with E-state index in [4.69, 9.17) is 14.5 Å². The van der Waals surface area contributed by atoms with Crippen LogP contribution in [0.4, 0.5) is 5.69 Å². The second-order valence-electron chi connectivity index (χ2n) is 7.90. The number of hydrogen-bond acceptors (Lipinski definition) is 6. The van der Waals surface area contributed by atoms with Gasteiger partial charge in [-0.15, -0.1) is 0 Å². The van der Waals surface area contributed by atoms with Crippen LogP contribution in [-0.4, -0.2) is 40.5 Å². The summed E-state index contributed by atoms with van der Waals surface area (Å²) in [6, 6.07) is 13.7. The van der Waals surface area contributed by atoms with Gasteiger partial charge in [0.05, 0.1) is 26.2 Å². The molecule has 2 aromatic carbocycles. The number of anilines is 1. The zero-order valence-electron chi connectivity index (χ0n) is 20.0. The van der Waals surface area contributed by atoms with Crippen LogP contribution in [0.1, 0.15) is 23.7 Å². The van der Waals surface area contributed by atoms with Crippen molar-refractivity contribution in [3.05, 3.63) is 65.5 Å². The molecule has 4 aromatic rings. The lowest BCUT2D eigenvalue weighted by Crippen LogP contribution is -2.16. The lowest BCUT2D eigenvalue weighted by Gasteiger charge is -2.13. The number of amides is 1. The van der Waals surface area contributed by atoms with E-state index in [0.717, 1.165) is 50.7 Å². The van der Waals surface area contributed by atoms with Crippen LogP contribution in [0.2, 0.25) is 0 Å². The molecule has 2 aromatic heterocycles. The van der Waals surface area contributed by atoms with E-state index >= 15 is 0 Å². The number of hydrogen-bond donors (Lipinski definition) is 1. The van der Waals surface area contributed by atoms with Crippen molar-refractivity contribution < 1.29 is 14.3 Å². The molecule has 4 rings (SSSR count). The number of fused-ring (bicyclic) bond motifs is 1. The maximum Gasteiger partial charge on any atom is 0.234 e. The number of carbonyl (C=O) groups excluding carboxylic acids is 1. The highest BCUT2D eigenvalue weighted by atomic mass is 32.2. The topological polar surface area (TPSA) is 77.8 Å². The van der Waals surface area contributed by atoms with Crippen molar-refractivity contribution in [2.45, 2.75) is 32.2 Å². The monoisotopic (exact) mass is 476 g/mol. The Bertz CT molecular complexity index is 1350. The van der Waals surface area contributed by atoms with Gasteiger partial charge in [0.15, 0.2) is 17.1 Å². The van der Waals surface area contributed by atoms with E-state index in [9.17, 15) is 4.79 Å². The van der Waals surface area contributed by atoms with E-state index in [1.54, 1.807) is 24.9 Å². The minimum absolute atomic E-state index is 0.0520. The summed E-state index contributed by atoms with van der Waals surface area (Å²) in [4.78, 5) is 17.5. The van der Waals surface area contributed by atoms with Crippen LogP contribution in [-0.2, 0) is 11.2 Å². The van der Waals surface area contributed by atoms with Crippen LogP contribution in [0.15, 0.2) is 53.7 Å². The highest BCUT2D eigenvalue weighted by Crippen LogP contribution is 2.34. The Balaban J connectivity index is 1.59. The Morgan fingerprint density at radius 1 is 1.09 bits per heavy atom. The molecule has 1 N–H and O–H groups in total. The fourth-order valence-electron chi connectivity index (χ4n) is 3.88. The first-order valence-electron chi connectivity index (χ1n) is 11.0. The highest BCUT2D eigenvalue weighted by Gasteiger charge is 2.16. The molecule has 0 atom stereocenters. The van der Waals surface area contributed by atoms with Crippen molar-refractivity contribution in [1.29, 1.82) is 0 Å². The van der Waals surface area contributed by atoms with Gasteiger partial charge in [0.25, 0.3) is 0 Å². The average Bonchev–Trinajstić information content (AvgIpc) is 3.27. The van der Waals surface area contributed by atoms with Crippen LogP contribution in [0.25, 0.3) is 16.8 Å². The van der Waals surface area contributed by atoms with Gasteiger partial charge >= 0.3 is 0 Å². The maximum atomic E-state index is 12.8. The van der Waals surface area contributed by atoms with Gasteiger partial charge in [0.1, 0.15) is 5.03 Å². The largest absolute Gasteiger partial charge is 0.493 e. The molecule has 0 saturated carbocycles. The Morgan fingerprint density at radius 3 is 2.62 bits per heavy atom. The minimum Gasteiger partial charge on any atom is -0.493 e. The Morgan fingerprint density at radius 2 is 1.88 bits per heavy atom. The number of nitrogens with one attached hydrogen (secondary N) is 1. The van der Waals surface area contributed by atoms with Gasteiger partial charge in [0.2, 0.25) is 5.91 Å². The van der Waals surface area contributed by atoms with Crippen LogP contribution < -0.4 is 14.8 Å². The van der Waals surface area contributed by atoms with Crippen molar-refractivity contribution in [1.82, 2.24) is 14.6 Å². The number of benzene rings is 2. The van der Waals surface area contributed by atoms with E-state index in [1.165, 1.54) is 11.8 Å². The van der Waals surface area contributed by atoms with Gasteiger partial charge in [-0.2, -0.15) is 5.10 Å². The Hall–Kier alpha value is -3.52. The average molecular weight is 477 g/mol. The predicted molar refractivity (Wildman–Crippen MR) is 136 cm³/mol. The fourth-order valence-corrected chi connectivity index (χ4v) is 4.74. The van der Waals surface area contributed by atoms with Crippen LogP contribution in [0.5, 0.6) is 11.5 Å².